The number of nitrogens with two attached hydrogens (primary N) is 1. The molecule has 0 radical (unpaired) electrons. The summed E-state index contributed by atoms with van der Waals surface area (Å²) in [6.45, 7) is 0. The highest BCUT2D eigenvalue weighted by Crippen LogP contribution is 2.34. The third-order valence-corrected chi connectivity index (χ3v) is 3.34. The van der Waals surface area contributed by atoms with E-state index in [0.717, 1.165) is 0 Å². The average Bonchev–Trinajstić information content (AvgIpc) is 2.33. The normalized spacial score (nSPS) is 12.5. The largest absolute Gasteiger partial charge is 0.320 e. The van der Waals surface area contributed by atoms with E-state index < -0.39 is 23.5 Å². The third kappa shape index (κ3) is 2.71. The molecule has 1 nitrogen and oxygen atoms in total. The lowest BCUT2D eigenvalue weighted by atomic mass is 9.98. The van der Waals surface area contributed by atoms with Gasteiger partial charge in [0, 0.05) is 27.2 Å². The molecular weight excluding hydrogens is 298 g/mol. The second-order valence-electron chi connectivity index (χ2n) is 3.90. The van der Waals surface area contributed by atoms with E-state index in [9.17, 15) is 13.2 Å². The number of halogens is 5. The lowest BCUT2D eigenvalue weighted by Crippen LogP contribution is -2.15. The van der Waals surface area contributed by atoms with Crippen LogP contribution >= 0.6 is 23.2 Å². The molecule has 0 amide bonds. The lowest BCUT2D eigenvalue weighted by molar-refractivity contribution is 0.487. The Bertz CT molecular complexity index is 611. The fraction of sp³-hybridized carbons (Fsp3) is 0.0769. The van der Waals surface area contributed by atoms with Gasteiger partial charge in [-0.25, -0.2) is 13.2 Å². The fourth-order valence-corrected chi connectivity index (χ4v) is 2.37. The molecule has 2 aromatic carbocycles. The molecule has 0 saturated carbocycles. The summed E-state index contributed by atoms with van der Waals surface area (Å²) in [6.07, 6.45) is 0. The van der Waals surface area contributed by atoms with Crippen molar-refractivity contribution < 1.29 is 13.2 Å². The highest BCUT2D eigenvalue weighted by molar-refractivity contribution is 6.36. The zero-order valence-corrected chi connectivity index (χ0v) is 10.9. The van der Waals surface area contributed by atoms with Crippen LogP contribution in [0.5, 0.6) is 0 Å². The first-order valence-electron chi connectivity index (χ1n) is 5.25. The van der Waals surface area contributed by atoms with Gasteiger partial charge in [0.05, 0.1) is 6.04 Å². The number of benzene rings is 2. The van der Waals surface area contributed by atoms with Crippen LogP contribution in [-0.4, -0.2) is 0 Å². The molecule has 100 valence electrons. The Morgan fingerprint density at radius 3 is 2.00 bits per heavy atom. The van der Waals surface area contributed by atoms with Gasteiger partial charge < -0.3 is 5.73 Å². The summed E-state index contributed by atoms with van der Waals surface area (Å²) in [5.74, 6) is -3.42. The summed E-state index contributed by atoms with van der Waals surface area (Å²) >= 11 is 11.9. The Balaban J connectivity index is 2.56. The van der Waals surface area contributed by atoms with Gasteiger partial charge in [0.2, 0.25) is 0 Å². The van der Waals surface area contributed by atoms with E-state index in [-0.39, 0.29) is 21.2 Å². The minimum absolute atomic E-state index is 0.214. The molecule has 0 aliphatic heterocycles. The van der Waals surface area contributed by atoms with Gasteiger partial charge in [0.1, 0.15) is 5.82 Å². The van der Waals surface area contributed by atoms with Crippen molar-refractivity contribution in [3.05, 3.63) is 69.0 Å². The highest BCUT2D eigenvalue weighted by Gasteiger charge is 2.21. The second kappa shape index (κ2) is 5.41. The zero-order valence-electron chi connectivity index (χ0n) is 9.43. The summed E-state index contributed by atoms with van der Waals surface area (Å²) in [5, 5.41) is 0.452. The topological polar surface area (TPSA) is 26.0 Å². The van der Waals surface area contributed by atoms with Crippen LogP contribution in [0.2, 0.25) is 10.0 Å². The monoisotopic (exact) mass is 305 g/mol. The maximum absolute atomic E-state index is 13.7. The van der Waals surface area contributed by atoms with Gasteiger partial charge in [0.25, 0.3) is 0 Å². The van der Waals surface area contributed by atoms with Crippen LogP contribution in [0.1, 0.15) is 17.2 Å². The van der Waals surface area contributed by atoms with Crippen LogP contribution in [0.4, 0.5) is 13.2 Å². The summed E-state index contributed by atoms with van der Waals surface area (Å²) < 4.78 is 39.7. The van der Waals surface area contributed by atoms with Gasteiger partial charge in [-0.05, 0) is 18.2 Å². The highest BCUT2D eigenvalue weighted by atomic mass is 35.5. The molecule has 0 bridgehead atoms. The molecule has 1 atom stereocenters. The third-order valence-electron chi connectivity index (χ3n) is 2.69. The van der Waals surface area contributed by atoms with E-state index in [4.69, 9.17) is 28.9 Å². The molecule has 0 heterocycles. The van der Waals surface area contributed by atoms with Crippen LogP contribution in [0, 0.1) is 17.5 Å². The van der Waals surface area contributed by atoms with Crippen LogP contribution in [-0.2, 0) is 0 Å². The molecule has 0 saturated heterocycles. The first kappa shape index (κ1) is 14.2. The van der Waals surface area contributed by atoms with E-state index in [1.165, 1.54) is 12.1 Å². The van der Waals surface area contributed by atoms with Gasteiger partial charge in [0.15, 0.2) is 11.6 Å². The van der Waals surface area contributed by atoms with E-state index >= 15 is 0 Å². The Labute approximate surface area is 117 Å². The minimum atomic E-state index is -1.28. The molecule has 0 aliphatic carbocycles. The van der Waals surface area contributed by atoms with Crippen molar-refractivity contribution in [2.75, 3.05) is 0 Å². The van der Waals surface area contributed by atoms with Gasteiger partial charge in [-0.2, -0.15) is 0 Å². The van der Waals surface area contributed by atoms with Gasteiger partial charge in [-0.1, -0.05) is 29.3 Å². The Hall–Kier alpha value is -1.23. The number of hydrogen-bond acceptors (Lipinski definition) is 1. The predicted molar refractivity (Wildman–Crippen MR) is 68.8 cm³/mol. The Morgan fingerprint density at radius 1 is 0.895 bits per heavy atom. The zero-order chi connectivity index (χ0) is 14.2. The van der Waals surface area contributed by atoms with Crippen LogP contribution < -0.4 is 5.73 Å². The van der Waals surface area contributed by atoms with E-state index in [1.54, 1.807) is 6.07 Å². The van der Waals surface area contributed by atoms with E-state index in [2.05, 4.69) is 0 Å². The lowest BCUT2D eigenvalue weighted by Gasteiger charge is -2.16. The van der Waals surface area contributed by atoms with Crippen LogP contribution in [0.3, 0.4) is 0 Å². The second-order valence-corrected chi connectivity index (χ2v) is 4.72. The van der Waals surface area contributed by atoms with Crippen molar-refractivity contribution in [3.8, 4) is 0 Å². The molecule has 0 aromatic heterocycles. The van der Waals surface area contributed by atoms with Gasteiger partial charge in [-0.3, -0.25) is 0 Å². The SMILES string of the molecule is NC(c1cc(F)c(F)cc1F)c1c(Cl)cccc1Cl. The van der Waals surface area contributed by atoms with Crippen molar-refractivity contribution in [3.63, 3.8) is 0 Å². The molecular formula is C13H8Cl2F3N. The van der Waals surface area contributed by atoms with Crippen LogP contribution in [0.25, 0.3) is 0 Å². The molecule has 2 aromatic rings. The predicted octanol–water partition coefficient (Wildman–Crippen LogP) is 4.46. The van der Waals surface area contributed by atoms with Crippen molar-refractivity contribution in [2.45, 2.75) is 6.04 Å². The maximum Gasteiger partial charge on any atom is 0.161 e. The van der Waals surface area contributed by atoms with Crippen molar-refractivity contribution in [1.82, 2.24) is 0 Å². The van der Waals surface area contributed by atoms with E-state index in [1.807, 2.05) is 0 Å². The molecule has 2 N–H and O–H groups in total. The summed E-state index contributed by atoms with van der Waals surface area (Å²) in [6, 6.07) is 4.71. The maximum atomic E-state index is 13.7. The Morgan fingerprint density at radius 2 is 1.42 bits per heavy atom. The molecule has 2 rings (SSSR count). The average molecular weight is 306 g/mol. The molecule has 0 fully saturated rings. The van der Waals surface area contributed by atoms with Crippen molar-refractivity contribution in [1.29, 1.82) is 0 Å². The molecule has 6 heteroatoms. The quantitative estimate of drug-likeness (QED) is 0.815. The van der Waals surface area contributed by atoms with Crippen molar-refractivity contribution in [2.24, 2.45) is 5.73 Å². The fourth-order valence-electron chi connectivity index (χ4n) is 1.74. The van der Waals surface area contributed by atoms with E-state index in [0.29, 0.717) is 12.1 Å². The van der Waals surface area contributed by atoms with Crippen molar-refractivity contribution >= 4 is 23.2 Å². The molecule has 19 heavy (non-hydrogen) atoms. The summed E-state index contributed by atoms with van der Waals surface area (Å²) in [4.78, 5) is 0. The van der Waals surface area contributed by atoms with Gasteiger partial charge in [-0.15, -0.1) is 0 Å². The number of hydrogen-bond donors (Lipinski definition) is 1. The molecule has 0 spiro atoms. The smallest absolute Gasteiger partial charge is 0.161 e. The molecule has 0 aliphatic rings. The standard InChI is InChI=1S/C13H8Cl2F3N/c14-7-2-1-3-8(15)12(7)13(19)6-4-10(17)11(18)5-9(6)16/h1-5,13H,19H2. The van der Waals surface area contributed by atoms with Crippen LogP contribution in [0.15, 0.2) is 30.3 Å². The number of rotatable bonds is 2. The van der Waals surface area contributed by atoms with Gasteiger partial charge >= 0.3 is 0 Å². The molecule has 1 unspecified atom stereocenters. The first-order chi connectivity index (χ1) is 8.91. The summed E-state index contributed by atoms with van der Waals surface area (Å²) in [5.41, 5.74) is 5.89. The first-order valence-corrected chi connectivity index (χ1v) is 6.01. The Kier molecular flexibility index (Phi) is 4.04. The minimum Gasteiger partial charge on any atom is -0.320 e. The summed E-state index contributed by atoms with van der Waals surface area (Å²) in [7, 11) is 0.